The van der Waals surface area contributed by atoms with Gasteiger partial charge in [0.15, 0.2) is 5.96 Å². The first-order valence-electron chi connectivity index (χ1n) is 9.33. The zero-order valence-corrected chi connectivity index (χ0v) is 17.5. The Bertz CT molecular complexity index is 975. The van der Waals surface area contributed by atoms with Crippen molar-refractivity contribution in [2.24, 2.45) is 4.99 Å². The second kappa shape index (κ2) is 9.97. The normalized spacial score (nSPS) is 11.4. The number of halogens is 1. The maximum Gasteiger partial charge on any atom is 0.224 e. The van der Waals surface area contributed by atoms with E-state index in [0.29, 0.717) is 24.7 Å². The molecule has 0 amide bonds. The lowest BCUT2D eigenvalue weighted by atomic mass is 10.2. The number of nitrogens with zero attached hydrogens (tertiary/aromatic N) is 4. The molecule has 3 rings (SSSR count). The van der Waals surface area contributed by atoms with Crippen molar-refractivity contribution in [3.63, 3.8) is 0 Å². The van der Waals surface area contributed by atoms with Gasteiger partial charge in [0.1, 0.15) is 11.6 Å². The molecule has 0 atom stereocenters. The quantitative estimate of drug-likeness (QED) is 0.460. The van der Waals surface area contributed by atoms with E-state index in [1.54, 1.807) is 29.7 Å². The molecule has 2 aromatic heterocycles. The van der Waals surface area contributed by atoms with Crippen molar-refractivity contribution >= 4 is 17.3 Å². The Morgan fingerprint density at radius 1 is 1.31 bits per heavy atom. The second-order valence-electron chi connectivity index (χ2n) is 6.41. The van der Waals surface area contributed by atoms with E-state index in [2.05, 4.69) is 20.7 Å². The van der Waals surface area contributed by atoms with E-state index in [9.17, 15) is 4.39 Å². The van der Waals surface area contributed by atoms with Crippen molar-refractivity contribution in [2.75, 3.05) is 13.6 Å². The molecule has 0 saturated carbocycles. The molecule has 29 heavy (non-hydrogen) atoms. The van der Waals surface area contributed by atoms with Crippen LogP contribution >= 0.6 is 11.3 Å². The number of aryl methyl sites for hydroxylation is 1. The molecule has 0 spiro atoms. The standard InChI is InChI=1S/C21H24FN5OS/c1-4-23-21(27(3)13-18-14-29-15(2)26-18)25-12-16-7-6-10-24-20(16)28-19-9-5-8-17(22)11-19/h5-11,14H,4,12-13H2,1-3H3,(H,23,25). The zero-order chi connectivity index (χ0) is 20.6. The fraction of sp³-hybridized carbons (Fsp3) is 0.286. The van der Waals surface area contributed by atoms with Gasteiger partial charge in [-0.25, -0.2) is 19.4 Å². The van der Waals surface area contributed by atoms with Gasteiger partial charge in [0.25, 0.3) is 0 Å². The van der Waals surface area contributed by atoms with Crippen LogP contribution in [0, 0.1) is 12.7 Å². The summed E-state index contributed by atoms with van der Waals surface area (Å²) in [6, 6.07) is 9.73. The molecule has 0 aliphatic heterocycles. The maximum atomic E-state index is 13.4. The SMILES string of the molecule is CCNC(=NCc1cccnc1Oc1cccc(F)c1)N(C)Cc1csc(C)n1. The molecule has 0 fully saturated rings. The summed E-state index contributed by atoms with van der Waals surface area (Å²) in [5, 5.41) is 6.40. The first kappa shape index (κ1) is 20.7. The third kappa shape index (κ3) is 5.99. The van der Waals surface area contributed by atoms with Gasteiger partial charge in [-0.2, -0.15) is 0 Å². The minimum absolute atomic E-state index is 0.355. The monoisotopic (exact) mass is 413 g/mol. The first-order chi connectivity index (χ1) is 14.0. The van der Waals surface area contributed by atoms with Gasteiger partial charge in [-0.3, -0.25) is 0 Å². The zero-order valence-electron chi connectivity index (χ0n) is 16.7. The van der Waals surface area contributed by atoms with Gasteiger partial charge in [-0.05, 0) is 32.0 Å². The first-order valence-corrected chi connectivity index (χ1v) is 10.2. The summed E-state index contributed by atoms with van der Waals surface area (Å²) < 4.78 is 19.2. The molecule has 0 bridgehead atoms. The van der Waals surface area contributed by atoms with Crippen LogP contribution in [0.15, 0.2) is 53.0 Å². The molecule has 0 saturated heterocycles. The fourth-order valence-electron chi connectivity index (χ4n) is 2.71. The molecule has 8 heteroatoms. The lowest BCUT2D eigenvalue weighted by Crippen LogP contribution is -2.38. The molecule has 1 N–H and O–H groups in total. The number of pyridine rings is 1. The van der Waals surface area contributed by atoms with Crippen molar-refractivity contribution in [1.82, 2.24) is 20.2 Å². The number of aromatic nitrogens is 2. The number of guanidine groups is 1. The molecular weight excluding hydrogens is 389 g/mol. The van der Waals surface area contributed by atoms with Crippen LogP contribution in [0.25, 0.3) is 0 Å². The summed E-state index contributed by atoms with van der Waals surface area (Å²) in [6.45, 7) is 5.81. The predicted octanol–water partition coefficient (Wildman–Crippen LogP) is 4.38. The third-order valence-corrected chi connectivity index (χ3v) is 4.84. The summed E-state index contributed by atoms with van der Waals surface area (Å²) in [6.07, 6.45) is 1.64. The maximum absolute atomic E-state index is 13.4. The molecule has 0 aliphatic carbocycles. The van der Waals surface area contributed by atoms with E-state index in [1.807, 2.05) is 37.9 Å². The highest BCUT2D eigenvalue weighted by molar-refractivity contribution is 7.09. The highest BCUT2D eigenvalue weighted by Gasteiger charge is 2.11. The topological polar surface area (TPSA) is 62.6 Å². The summed E-state index contributed by atoms with van der Waals surface area (Å²) in [5.41, 5.74) is 1.82. The Morgan fingerprint density at radius 3 is 2.90 bits per heavy atom. The number of thiazole rings is 1. The molecule has 152 valence electrons. The molecule has 0 radical (unpaired) electrons. The van der Waals surface area contributed by atoms with Crippen molar-refractivity contribution in [2.45, 2.75) is 26.9 Å². The van der Waals surface area contributed by atoms with Crippen LogP contribution in [0.5, 0.6) is 11.6 Å². The van der Waals surface area contributed by atoms with Gasteiger partial charge < -0.3 is 15.0 Å². The molecule has 3 aromatic rings. The van der Waals surface area contributed by atoms with Crippen LogP contribution in [-0.4, -0.2) is 34.4 Å². The van der Waals surface area contributed by atoms with Gasteiger partial charge >= 0.3 is 0 Å². The molecule has 2 heterocycles. The van der Waals surface area contributed by atoms with E-state index in [-0.39, 0.29) is 5.82 Å². The largest absolute Gasteiger partial charge is 0.439 e. The number of ether oxygens (including phenoxy) is 1. The Kier molecular flexibility index (Phi) is 7.13. The highest BCUT2D eigenvalue weighted by atomic mass is 32.1. The summed E-state index contributed by atoms with van der Waals surface area (Å²) >= 11 is 1.64. The van der Waals surface area contributed by atoms with Gasteiger partial charge in [-0.15, -0.1) is 11.3 Å². The van der Waals surface area contributed by atoms with Crippen molar-refractivity contribution in [3.8, 4) is 11.6 Å². The minimum Gasteiger partial charge on any atom is -0.439 e. The Hall–Kier alpha value is -3.00. The van der Waals surface area contributed by atoms with Gasteiger partial charge in [0.2, 0.25) is 5.88 Å². The highest BCUT2D eigenvalue weighted by Crippen LogP contribution is 2.24. The lowest BCUT2D eigenvalue weighted by molar-refractivity contribution is 0.450. The van der Waals surface area contributed by atoms with Crippen LogP contribution in [0.3, 0.4) is 0 Å². The molecule has 1 aromatic carbocycles. The smallest absolute Gasteiger partial charge is 0.224 e. The average Bonchev–Trinajstić information content (AvgIpc) is 3.10. The Morgan fingerprint density at radius 2 is 2.17 bits per heavy atom. The molecule has 0 aliphatic rings. The van der Waals surface area contributed by atoms with E-state index in [4.69, 9.17) is 9.73 Å². The van der Waals surface area contributed by atoms with Crippen LogP contribution in [-0.2, 0) is 13.1 Å². The molecule has 0 unspecified atom stereocenters. The van der Waals surface area contributed by atoms with Gasteiger partial charge in [0, 0.05) is 36.8 Å². The fourth-order valence-corrected chi connectivity index (χ4v) is 3.31. The van der Waals surface area contributed by atoms with E-state index < -0.39 is 0 Å². The lowest BCUT2D eigenvalue weighted by Gasteiger charge is -2.21. The van der Waals surface area contributed by atoms with Crippen molar-refractivity contribution < 1.29 is 9.13 Å². The number of rotatable bonds is 7. The summed E-state index contributed by atoms with van der Waals surface area (Å²) in [4.78, 5) is 15.5. The molecule has 6 nitrogen and oxygen atoms in total. The summed E-state index contributed by atoms with van der Waals surface area (Å²) in [7, 11) is 1.98. The number of nitrogens with one attached hydrogen (secondary N) is 1. The van der Waals surface area contributed by atoms with E-state index >= 15 is 0 Å². The predicted molar refractivity (Wildman–Crippen MR) is 114 cm³/mol. The van der Waals surface area contributed by atoms with E-state index in [0.717, 1.165) is 28.8 Å². The summed E-state index contributed by atoms with van der Waals surface area (Å²) in [5.74, 6) is 1.22. The molecular formula is C21H24FN5OS. The van der Waals surface area contributed by atoms with Crippen LogP contribution in [0.4, 0.5) is 4.39 Å². The van der Waals surface area contributed by atoms with Gasteiger partial charge in [0.05, 0.1) is 23.8 Å². The van der Waals surface area contributed by atoms with Crippen LogP contribution in [0.2, 0.25) is 0 Å². The second-order valence-corrected chi connectivity index (χ2v) is 7.47. The number of hydrogen-bond acceptors (Lipinski definition) is 5. The van der Waals surface area contributed by atoms with Crippen molar-refractivity contribution in [1.29, 1.82) is 0 Å². The van der Waals surface area contributed by atoms with Gasteiger partial charge in [-0.1, -0.05) is 12.1 Å². The Labute approximate surface area is 174 Å². The Balaban J connectivity index is 1.75. The van der Waals surface area contributed by atoms with Crippen LogP contribution < -0.4 is 10.1 Å². The van der Waals surface area contributed by atoms with Crippen LogP contribution in [0.1, 0.15) is 23.2 Å². The van der Waals surface area contributed by atoms with Crippen molar-refractivity contribution in [3.05, 3.63) is 70.1 Å². The minimum atomic E-state index is -0.355. The average molecular weight is 414 g/mol. The van der Waals surface area contributed by atoms with E-state index in [1.165, 1.54) is 12.1 Å². The number of aliphatic imine (C=N–C) groups is 1. The number of hydrogen-bond donors (Lipinski definition) is 1. The number of benzene rings is 1. The third-order valence-electron chi connectivity index (χ3n) is 4.02.